The molecule has 1 aromatic carbocycles. The van der Waals surface area contributed by atoms with Crippen molar-refractivity contribution in [3.8, 4) is 0 Å². The predicted molar refractivity (Wildman–Crippen MR) is 105 cm³/mol. The van der Waals surface area contributed by atoms with Crippen LogP contribution in [0.4, 0.5) is 10.5 Å². The summed E-state index contributed by atoms with van der Waals surface area (Å²) in [7, 11) is 1.80. The van der Waals surface area contributed by atoms with Gasteiger partial charge in [0.15, 0.2) is 0 Å². The van der Waals surface area contributed by atoms with Crippen LogP contribution < -0.4 is 4.90 Å². The number of aromatic nitrogens is 3. The van der Waals surface area contributed by atoms with Crippen molar-refractivity contribution >= 4 is 28.5 Å². The van der Waals surface area contributed by atoms with Crippen LogP contribution in [0.3, 0.4) is 0 Å². The minimum absolute atomic E-state index is 0.00230. The Morgan fingerprint density at radius 1 is 1.21 bits per heavy atom. The zero-order valence-corrected chi connectivity index (χ0v) is 15.7. The molecule has 2 aliphatic rings. The van der Waals surface area contributed by atoms with E-state index < -0.39 is 0 Å². The number of nitrogens with one attached hydrogen (secondary N) is 1. The normalized spacial score (nSPS) is 20.0. The molecular weight excluding hydrogens is 356 g/mol. The highest BCUT2D eigenvalue weighted by Gasteiger charge is 2.31. The van der Waals surface area contributed by atoms with E-state index >= 15 is 0 Å². The molecular formula is C20H22N6O2. The van der Waals surface area contributed by atoms with Gasteiger partial charge in [-0.1, -0.05) is 6.07 Å². The Labute approximate surface area is 162 Å². The minimum Gasteiger partial charge on any atom is -0.361 e. The van der Waals surface area contributed by atoms with Gasteiger partial charge in [-0.2, -0.15) is 5.10 Å². The van der Waals surface area contributed by atoms with Gasteiger partial charge in [0.25, 0.3) is 5.91 Å². The largest absolute Gasteiger partial charge is 0.361 e. The van der Waals surface area contributed by atoms with E-state index in [9.17, 15) is 9.59 Å². The summed E-state index contributed by atoms with van der Waals surface area (Å²) in [5.41, 5.74) is 2.48. The molecule has 8 nitrogen and oxygen atoms in total. The van der Waals surface area contributed by atoms with Crippen LogP contribution in [0.15, 0.2) is 42.9 Å². The van der Waals surface area contributed by atoms with Gasteiger partial charge in [-0.15, -0.1) is 0 Å². The molecule has 1 unspecified atom stereocenters. The molecule has 5 rings (SSSR count). The van der Waals surface area contributed by atoms with Crippen molar-refractivity contribution in [3.05, 3.63) is 48.4 Å². The fraction of sp³-hybridized carbons (Fsp3) is 0.350. The number of hydrogen-bond donors (Lipinski definition) is 1. The fourth-order valence-corrected chi connectivity index (χ4v) is 4.06. The molecule has 1 N–H and O–H groups in total. The number of carbonyl (C=O) groups excluding carboxylic acids is 2. The molecule has 4 heterocycles. The SMILES string of the molecule is CN1CCN(c2cnn(C3CCN(C(=O)c4ccc5cc[nH]c5c4)C3)c2)C1=O. The van der Waals surface area contributed by atoms with Gasteiger partial charge >= 0.3 is 6.03 Å². The van der Waals surface area contributed by atoms with Crippen LogP contribution in [0, 0.1) is 0 Å². The summed E-state index contributed by atoms with van der Waals surface area (Å²) in [6.07, 6.45) is 6.38. The highest BCUT2D eigenvalue weighted by atomic mass is 16.2. The number of likely N-dealkylation sites (N-methyl/N-ethyl adjacent to an activating group) is 1. The molecule has 0 saturated carbocycles. The Morgan fingerprint density at radius 3 is 2.93 bits per heavy atom. The Morgan fingerprint density at radius 2 is 2.11 bits per heavy atom. The lowest BCUT2D eigenvalue weighted by atomic mass is 10.1. The lowest BCUT2D eigenvalue weighted by molar-refractivity contribution is 0.0787. The second-order valence-electron chi connectivity index (χ2n) is 7.51. The number of hydrogen-bond acceptors (Lipinski definition) is 3. The average Bonchev–Trinajstić information content (AvgIpc) is 3.48. The molecule has 28 heavy (non-hydrogen) atoms. The zero-order chi connectivity index (χ0) is 19.3. The number of nitrogens with zero attached hydrogens (tertiary/aromatic N) is 5. The minimum atomic E-state index is 0.00230. The molecule has 0 bridgehead atoms. The van der Waals surface area contributed by atoms with Gasteiger partial charge in [-0.05, 0) is 30.0 Å². The quantitative estimate of drug-likeness (QED) is 0.760. The molecule has 2 saturated heterocycles. The first-order valence-corrected chi connectivity index (χ1v) is 9.53. The lowest BCUT2D eigenvalue weighted by Gasteiger charge is -2.17. The number of rotatable bonds is 3. The monoisotopic (exact) mass is 378 g/mol. The Kier molecular flexibility index (Phi) is 3.85. The van der Waals surface area contributed by atoms with E-state index in [-0.39, 0.29) is 18.0 Å². The number of anilines is 1. The van der Waals surface area contributed by atoms with Gasteiger partial charge in [0.2, 0.25) is 0 Å². The Balaban J connectivity index is 1.29. The van der Waals surface area contributed by atoms with E-state index in [1.165, 1.54) is 0 Å². The van der Waals surface area contributed by atoms with E-state index in [1.54, 1.807) is 23.0 Å². The molecule has 0 aliphatic carbocycles. The van der Waals surface area contributed by atoms with Crippen molar-refractivity contribution in [2.24, 2.45) is 0 Å². The van der Waals surface area contributed by atoms with Crippen LogP contribution >= 0.6 is 0 Å². The van der Waals surface area contributed by atoms with Crippen molar-refractivity contribution in [3.63, 3.8) is 0 Å². The Hall–Kier alpha value is -3.29. The average molecular weight is 378 g/mol. The maximum Gasteiger partial charge on any atom is 0.324 e. The van der Waals surface area contributed by atoms with Crippen LogP contribution in [0.25, 0.3) is 10.9 Å². The molecule has 2 aromatic heterocycles. The summed E-state index contributed by atoms with van der Waals surface area (Å²) >= 11 is 0. The van der Waals surface area contributed by atoms with Gasteiger partial charge in [-0.25, -0.2) is 4.79 Å². The zero-order valence-electron chi connectivity index (χ0n) is 15.7. The fourth-order valence-electron chi connectivity index (χ4n) is 4.06. The van der Waals surface area contributed by atoms with Crippen molar-refractivity contribution in [1.29, 1.82) is 0 Å². The second-order valence-corrected chi connectivity index (χ2v) is 7.51. The van der Waals surface area contributed by atoms with Crippen LogP contribution in [0.5, 0.6) is 0 Å². The van der Waals surface area contributed by atoms with Crippen molar-refractivity contribution in [2.45, 2.75) is 12.5 Å². The third kappa shape index (κ3) is 2.72. The maximum atomic E-state index is 12.9. The standard InChI is InChI=1S/C20H22N6O2/c1-23-8-9-25(20(23)28)17-11-22-26(13-17)16-5-7-24(12-16)19(27)15-3-2-14-4-6-21-18(14)10-15/h2-4,6,10-11,13,16,21H,5,7-9,12H2,1H3. The van der Waals surface area contributed by atoms with Gasteiger partial charge in [0.05, 0.1) is 17.9 Å². The van der Waals surface area contributed by atoms with Crippen LogP contribution in [-0.4, -0.2) is 69.7 Å². The van der Waals surface area contributed by atoms with Crippen LogP contribution in [0.2, 0.25) is 0 Å². The molecule has 3 aromatic rings. The number of fused-ring (bicyclic) bond motifs is 1. The highest BCUT2D eigenvalue weighted by Crippen LogP contribution is 2.26. The van der Waals surface area contributed by atoms with Crippen LogP contribution in [0.1, 0.15) is 22.8 Å². The summed E-state index contributed by atoms with van der Waals surface area (Å²) in [4.78, 5) is 33.6. The smallest absolute Gasteiger partial charge is 0.324 e. The molecule has 0 radical (unpaired) electrons. The molecule has 2 aliphatic heterocycles. The topological polar surface area (TPSA) is 77.5 Å². The van der Waals surface area contributed by atoms with E-state index in [0.717, 1.165) is 29.6 Å². The highest BCUT2D eigenvalue weighted by molar-refractivity contribution is 5.98. The van der Waals surface area contributed by atoms with E-state index in [4.69, 9.17) is 0 Å². The number of benzene rings is 1. The van der Waals surface area contributed by atoms with Crippen LogP contribution in [-0.2, 0) is 0 Å². The predicted octanol–water partition coefficient (Wildman–Crippen LogP) is 2.32. The van der Waals surface area contributed by atoms with Crippen molar-refractivity contribution in [1.82, 2.24) is 24.6 Å². The molecule has 3 amide bonds. The number of likely N-dealkylation sites (tertiary alicyclic amines) is 1. The molecule has 144 valence electrons. The first kappa shape index (κ1) is 16.9. The Bertz CT molecular complexity index is 1050. The maximum absolute atomic E-state index is 12.9. The van der Waals surface area contributed by atoms with Gasteiger partial charge in [0, 0.05) is 56.7 Å². The third-order valence-electron chi connectivity index (χ3n) is 5.74. The van der Waals surface area contributed by atoms with E-state index in [2.05, 4.69) is 10.1 Å². The first-order chi connectivity index (χ1) is 13.6. The van der Waals surface area contributed by atoms with Crippen molar-refractivity contribution < 1.29 is 9.59 Å². The second kappa shape index (κ2) is 6.40. The number of aromatic amines is 1. The number of urea groups is 1. The molecule has 8 heteroatoms. The summed E-state index contributed by atoms with van der Waals surface area (Å²) < 4.78 is 1.89. The first-order valence-electron chi connectivity index (χ1n) is 9.53. The molecule has 0 spiro atoms. The van der Waals surface area contributed by atoms with E-state index in [0.29, 0.717) is 25.2 Å². The lowest BCUT2D eigenvalue weighted by Crippen LogP contribution is -2.29. The van der Waals surface area contributed by atoms with Gasteiger partial charge in [0.1, 0.15) is 0 Å². The van der Waals surface area contributed by atoms with Gasteiger partial charge in [-0.3, -0.25) is 14.4 Å². The number of carbonyl (C=O) groups is 2. The van der Waals surface area contributed by atoms with Crippen molar-refractivity contribution in [2.75, 3.05) is 38.1 Å². The third-order valence-corrected chi connectivity index (χ3v) is 5.74. The van der Waals surface area contributed by atoms with E-state index in [1.807, 2.05) is 46.2 Å². The molecule has 2 fully saturated rings. The summed E-state index contributed by atoms with van der Waals surface area (Å²) in [5.74, 6) is 0.0442. The number of amides is 3. The van der Waals surface area contributed by atoms with Gasteiger partial charge < -0.3 is 14.8 Å². The molecule has 1 atom stereocenters. The number of H-pyrrole nitrogens is 1. The summed E-state index contributed by atoms with van der Waals surface area (Å²) in [6.45, 7) is 2.72. The summed E-state index contributed by atoms with van der Waals surface area (Å²) in [6, 6.07) is 7.88. The summed E-state index contributed by atoms with van der Waals surface area (Å²) in [5, 5.41) is 5.56.